The Kier molecular flexibility index (Phi) is 5.74. The average Bonchev–Trinajstić information content (AvgIpc) is 2.49. The largest absolute Gasteiger partial charge is 0.350 e. The van der Waals surface area contributed by atoms with Gasteiger partial charge < -0.3 is 10.2 Å². The quantitative estimate of drug-likeness (QED) is 0.917. The summed E-state index contributed by atoms with van der Waals surface area (Å²) in [5.74, 6) is -0.323. The van der Waals surface area contributed by atoms with Gasteiger partial charge in [-0.25, -0.2) is 0 Å². The van der Waals surface area contributed by atoms with Crippen LogP contribution < -0.4 is 10.2 Å². The van der Waals surface area contributed by atoms with Crippen LogP contribution in [0.15, 0.2) is 42.5 Å². The standard InChI is InChI=1S/C20H24N2O2/c1-14-6-5-7-18(9-14)12-21-20(24)13-22(17(4)23)19-10-15(2)8-16(3)11-19/h5-11H,12-13H2,1-4H3,(H,21,24). The Balaban J connectivity index is 2.04. The van der Waals surface area contributed by atoms with Gasteiger partial charge in [0.2, 0.25) is 11.8 Å². The first-order chi connectivity index (χ1) is 11.3. The summed E-state index contributed by atoms with van der Waals surface area (Å²) in [6, 6.07) is 13.9. The van der Waals surface area contributed by atoms with E-state index in [4.69, 9.17) is 0 Å². The molecule has 0 bridgehead atoms. The van der Waals surface area contributed by atoms with E-state index in [1.165, 1.54) is 11.8 Å². The van der Waals surface area contributed by atoms with Crippen molar-refractivity contribution >= 4 is 17.5 Å². The average molecular weight is 324 g/mol. The molecule has 24 heavy (non-hydrogen) atoms. The molecule has 0 fully saturated rings. The third-order valence-corrected chi connectivity index (χ3v) is 3.77. The van der Waals surface area contributed by atoms with Crippen molar-refractivity contribution in [3.63, 3.8) is 0 Å². The normalized spacial score (nSPS) is 10.3. The topological polar surface area (TPSA) is 49.4 Å². The van der Waals surface area contributed by atoms with Crippen LogP contribution in [0.25, 0.3) is 0 Å². The van der Waals surface area contributed by atoms with Crippen LogP contribution in [0.2, 0.25) is 0 Å². The lowest BCUT2D eigenvalue weighted by molar-refractivity contribution is -0.123. The van der Waals surface area contributed by atoms with Gasteiger partial charge in [0.1, 0.15) is 6.54 Å². The van der Waals surface area contributed by atoms with Crippen LogP contribution >= 0.6 is 0 Å². The number of carbonyl (C=O) groups excluding carboxylic acids is 2. The van der Waals surface area contributed by atoms with Gasteiger partial charge in [0.05, 0.1) is 0 Å². The fraction of sp³-hybridized carbons (Fsp3) is 0.300. The van der Waals surface area contributed by atoms with E-state index in [9.17, 15) is 9.59 Å². The molecule has 2 rings (SSSR count). The molecule has 0 spiro atoms. The maximum Gasteiger partial charge on any atom is 0.240 e. The fourth-order valence-electron chi connectivity index (χ4n) is 2.71. The molecular weight excluding hydrogens is 300 g/mol. The summed E-state index contributed by atoms with van der Waals surface area (Å²) in [5, 5.41) is 2.88. The predicted octanol–water partition coefficient (Wildman–Crippen LogP) is 3.28. The zero-order chi connectivity index (χ0) is 17.7. The molecule has 4 nitrogen and oxygen atoms in total. The Morgan fingerprint density at radius 1 is 0.958 bits per heavy atom. The smallest absolute Gasteiger partial charge is 0.240 e. The fourth-order valence-corrected chi connectivity index (χ4v) is 2.71. The molecule has 0 aliphatic heterocycles. The van der Waals surface area contributed by atoms with E-state index in [2.05, 4.69) is 5.32 Å². The van der Waals surface area contributed by atoms with Crippen LogP contribution in [-0.4, -0.2) is 18.4 Å². The number of rotatable bonds is 5. The molecule has 0 aromatic heterocycles. The van der Waals surface area contributed by atoms with Crippen molar-refractivity contribution in [2.45, 2.75) is 34.2 Å². The van der Waals surface area contributed by atoms with Gasteiger partial charge in [-0.2, -0.15) is 0 Å². The number of anilines is 1. The van der Waals surface area contributed by atoms with E-state index >= 15 is 0 Å². The van der Waals surface area contributed by atoms with Crippen LogP contribution in [0.4, 0.5) is 5.69 Å². The van der Waals surface area contributed by atoms with Crippen molar-refractivity contribution < 1.29 is 9.59 Å². The van der Waals surface area contributed by atoms with Gasteiger partial charge in [0.25, 0.3) is 0 Å². The van der Waals surface area contributed by atoms with Crippen LogP contribution in [0.3, 0.4) is 0 Å². The molecule has 0 heterocycles. The van der Waals surface area contributed by atoms with Crippen molar-refractivity contribution in [1.29, 1.82) is 0 Å². The summed E-state index contributed by atoms with van der Waals surface area (Å²) in [6.45, 7) is 7.93. The summed E-state index contributed by atoms with van der Waals surface area (Å²) in [4.78, 5) is 25.7. The molecule has 1 N–H and O–H groups in total. The van der Waals surface area contributed by atoms with Gasteiger partial charge >= 0.3 is 0 Å². The maximum atomic E-state index is 12.3. The SMILES string of the molecule is CC(=O)N(CC(=O)NCc1cccc(C)c1)c1cc(C)cc(C)c1. The summed E-state index contributed by atoms with van der Waals surface area (Å²) in [6.07, 6.45) is 0. The van der Waals surface area contributed by atoms with Crippen molar-refractivity contribution in [1.82, 2.24) is 5.32 Å². The number of hydrogen-bond acceptors (Lipinski definition) is 2. The molecule has 4 heteroatoms. The van der Waals surface area contributed by atoms with Crippen molar-refractivity contribution in [2.75, 3.05) is 11.4 Å². The molecule has 2 aromatic rings. The monoisotopic (exact) mass is 324 g/mol. The zero-order valence-corrected chi connectivity index (χ0v) is 14.7. The third kappa shape index (κ3) is 4.95. The molecule has 0 unspecified atom stereocenters. The molecule has 2 amide bonds. The number of amides is 2. The highest BCUT2D eigenvalue weighted by Crippen LogP contribution is 2.19. The Morgan fingerprint density at radius 3 is 2.21 bits per heavy atom. The lowest BCUT2D eigenvalue weighted by atomic mass is 10.1. The Labute approximate surface area is 143 Å². The second-order valence-electron chi connectivity index (χ2n) is 6.22. The summed E-state index contributed by atoms with van der Waals surface area (Å²) in [5.41, 5.74) is 5.09. The minimum absolute atomic E-state index is 0.0179. The van der Waals surface area contributed by atoms with E-state index in [1.54, 1.807) is 0 Å². The van der Waals surface area contributed by atoms with Crippen molar-refractivity contribution in [3.8, 4) is 0 Å². The number of nitrogens with zero attached hydrogens (tertiary/aromatic N) is 1. The minimum atomic E-state index is -0.175. The molecular formula is C20H24N2O2. The maximum absolute atomic E-state index is 12.3. The molecule has 0 saturated heterocycles. The van der Waals surface area contributed by atoms with Gasteiger partial charge in [-0.3, -0.25) is 9.59 Å². The van der Waals surface area contributed by atoms with Crippen LogP contribution in [0.1, 0.15) is 29.2 Å². The molecule has 0 aliphatic rings. The van der Waals surface area contributed by atoms with E-state index in [0.29, 0.717) is 6.54 Å². The molecule has 0 aliphatic carbocycles. The summed E-state index contributed by atoms with van der Waals surface area (Å²) in [7, 11) is 0. The lowest BCUT2D eigenvalue weighted by Gasteiger charge is -2.21. The van der Waals surface area contributed by atoms with E-state index in [-0.39, 0.29) is 18.4 Å². The van der Waals surface area contributed by atoms with Gasteiger partial charge in [0.15, 0.2) is 0 Å². The lowest BCUT2D eigenvalue weighted by Crippen LogP contribution is -2.39. The number of aryl methyl sites for hydroxylation is 3. The van der Waals surface area contributed by atoms with E-state index < -0.39 is 0 Å². The first-order valence-corrected chi connectivity index (χ1v) is 8.04. The van der Waals surface area contributed by atoms with E-state index in [0.717, 1.165) is 27.9 Å². The highest BCUT2D eigenvalue weighted by Gasteiger charge is 2.16. The first-order valence-electron chi connectivity index (χ1n) is 8.04. The van der Waals surface area contributed by atoms with Gasteiger partial charge in [-0.1, -0.05) is 35.9 Å². The summed E-state index contributed by atoms with van der Waals surface area (Å²) < 4.78 is 0. The second-order valence-corrected chi connectivity index (χ2v) is 6.22. The zero-order valence-electron chi connectivity index (χ0n) is 14.7. The highest BCUT2D eigenvalue weighted by atomic mass is 16.2. The van der Waals surface area contributed by atoms with Gasteiger partial charge in [0, 0.05) is 19.2 Å². The van der Waals surface area contributed by atoms with Crippen molar-refractivity contribution in [2.24, 2.45) is 0 Å². The Hall–Kier alpha value is -2.62. The molecule has 2 aromatic carbocycles. The molecule has 0 atom stereocenters. The molecule has 126 valence electrons. The Morgan fingerprint density at radius 2 is 1.62 bits per heavy atom. The number of carbonyl (C=O) groups is 2. The van der Waals surface area contributed by atoms with Crippen molar-refractivity contribution in [3.05, 3.63) is 64.7 Å². The first kappa shape index (κ1) is 17.7. The van der Waals surface area contributed by atoms with Gasteiger partial charge in [-0.05, 0) is 49.6 Å². The van der Waals surface area contributed by atoms with Crippen LogP contribution in [-0.2, 0) is 16.1 Å². The van der Waals surface area contributed by atoms with Crippen LogP contribution in [0, 0.1) is 20.8 Å². The number of benzene rings is 2. The number of nitrogens with one attached hydrogen (secondary N) is 1. The third-order valence-electron chi connectivity index (χ3n) is 3.77. The predicted molar refractivity (Wildman–Crippen MR) is 97.0 cm³/mol. The summed E-state index contributed by atoms with van der Waals surface area (Å²) >= 11 is 0. The van der Waals surface area contributed by atoms with Crippen LogP contribution in [0.5, 0.6) is 0 Å². The van der Waals surface area contributed by atoms with Gasteiger partial charge in [-0.15, -0.1) is 0 Å². The second kappa shape index (κ2) is 7.77. The Bertz CT molecular complexity index is 733. The highest BCUT2D eigenvalue weighted by molar-refractivity contribution is 5.97. The number of hydrogen-bond donors (Lipinski definition) is 1. The van der Waals surface area contributed by atoms with E-state index in [1.807, 2.05) is 63.2 Å². The molecule has 0 radical (unpaired) electrons. The minimum Gasteiger partial charge on any atom is -0.350 e. The molecule has 0 saturated carbocycles.